The van der Waals surface area contributed by atoms with Crippen molar-refractivity contribution < 1.29 is 9.53 Å². The molecular formula is C18H25NO2. The number of benzene rings is 1. The van der Waals surface area contributed by atoms with Crippen LogP contribution in [0.5, 0.6) is 5.75 Å². The van der Waals surface area contributed by atoms with Gasteiger partial charge in [0.1, 0.15) is 5.75 Å². The Balaban J connectivity index is 1.98. The molecule has 1 aliphatic carbocycles. The van der Waals surface area contributed by atoms with E-state index in [0.29, 0.717) is 6.42 Å². The summed E-state index contributed by atoms with van der Waals surface area (Å²) in [5.41, 5.74) is 1.98. The molecule has 0 aromatic heterocycles. The summed E-state index contributed by atoms with van der Waals surface area (Å²) >= 11 is 0. The van der Waals surface area contributed by atoms with Crippen LogP contribution in [0.15, 0.2) is 35.9 Å². The van der Waals surface area contributed by atoms with E-state index < -0.39 is 0 Å². The molecule has 1 aromatic rings. The number of carbonyl (C=O) groups excluding carboxylic acids is 1. The number of hydrogen-bond donors (Lipinski definition) is 1. The van der Waals surface area contributed by atoms with E-state index in [9.17, 15) is 4.79 Å². The summed E-state index contributed by atoms with van der Waals surface area (Å²) in [6, 6.07) is 7.85. The summed E-state index contributed by atoms with van der Waals surface area (Å²) < 4.78 is 5.17. The molecule has 0 fully saturated rings. The SMILES string of the molecule is COc1ccc(C(C)(C)NC(=O)CC2=CCCCC2)cc1. The number of nitrogens with one attached hydrogen (secondary N) is 1. The van der Waals surface area contributed by atoms with Crippen LogP contribution in [0.3, 0.4) is 0 Å². The molecule has 1 aliphatic rings. The van der Waals surface area contributed by atoms with Crippen molar-refractivity contribution in [1.82, 2.24) is 5.32 Å². The van der Waals surface area contributed by atoms with Gasteiger partial charge in [-0.25, -0.2) is 0 Å². The van der Waals surface area contributed by atoms with Crippen LogP contribution in [-0.4, -0.2) is 13.0 Å². The van der Waals surface area contributed by atoms with Gasteiger partial charge >= 0.3 is 0 Å². The molecule has 1 N–H and O–H groups in total. The molecule has 0 saturated carbocycles. The molecule has 0 saturated heterocycles. The first-order valence-electron chi connectivity index (χ1n) is 7.65. The zero-order chi connectivity index (χ0) is 15.3. The second kappa shape index (κ2) is 6.79. The molecule has 0 atom stereocenters. The summed E-state index contributed by atoms with van der Waals surface area (Å²) in [6.07, 6.45) is 7.40. The minimum absolute atomic E-state index is 0.101. The average molecular weight is 287 g/mol. The Hall–Kier alpha value is -1.77. The van der Waals surface area contributed by atoms with Crippen molar-refractivity contribution in [3.63, 3.8) is 0 Å². The van der Waals surface area contributed by atoms with Crippen LogP contribution in [0.1, 0.15) is 51.5 Å². The highest BCUT2D eigenvalue weighted by atomic mass is 16.5. The highest BCUT2D eigenvalue weighted by Gasteiger charge is 2.23. The first-order valence-corrected chi connectivity index (χ1v) is 7.65. The van der Waals surface area contributed by atoms with Gasteiger partial charge in [-0.1, -0.05) is 23.8 Å². The van der Waals surface area contributed by atoms with Crippen LogP contribution in [-0.2, 0) is 10.3 Å². The Bertz CT molecular complexity index is 515. The number of allylic oxidation sites excluding steroid dienone is 1. The normalized spacial score (nSPS) is 15.3. The van der Waals surface area contributed by atoms with Crippen LogP contribution in [0.4, 0.5) is 0 Å². The van der Waals surface area contributed by atoms with Crippen molar-refractivity contribution in [3.8, 4) is 5.75 Å². The van der Waals surface area contributed by atoms with Gasteiger partial charge in [0.25, 0.3) is 0 Å². The molecule has 0 aliphatic heterocycles. The van der Waals surface area contributed by atoms with E-state index in [0.717, 1.165) is 24.2 Å². The van der Waals surface area contributed by atoms with E-state index in [4.69, 9.17) is 4.74 Å². The van der Waals surface area contributed by atoms with Crippen LogP contribution in [0.2, 0.25) is 0 Å². The predicted molar refractivity (Wildman–Crippen MR) is 85.3 cm³/mol. The standard InChI is InChI=1S/C18H25NO2/c1-18(2,15-9-11-16(21-3)12-10-15)19-17(20)13-14-7-5-4-6-8-14/h7,9-12H,4-6,8,13H2,1-3H3,(H,19,20). The molecule has 0 radical (unpaired) electrons. The van der Waals surface area contributed by atoms with Gasteiger partial charge in [0, 0.05) is 6.42 Å². The quantitative estimate of drug-likeness (QED) is 0.833. The number of methoxy groups -OCH3 is 1. The summed E-state index contributed by atoms with van der Waals surface area (Å²) in [7, 11) is 1.65. The van der Waals surface area contributed by atoms with Gasteiger partial charge in [0.2, 0.25) is 5.91 Å². The maximum atomic E-state index is 12.2. The van der Waals surface area contributed by atoms with Crippen molar-refractivity contribution >= 4 is 5.91 Å². The minimum Gasteiger partial charge on any atom is -0.497 e. The van der Waals surface area contributed by atoms with E-state index in [1.165, 1.54) is 18.4 Å². The van der Waals surface area contributed by atoms with Crippen molar-refractivity contribution in [1.29, 1.82) is 0 Å². The third kappa shape index (κ3) is 4.35. The zero-order valence-electron chi connectivity index (χ0n) is 13.2. The molecule has 0 heterocycles. The molecule has 21 heavy (non-hydrogen) atoms. The zero-order valence-corrected chi connectivity index (χ0v) is 13.2. The van der Waals surface area contributed by atoms with E-state index in [2.05, 4.69) is 11.4 Å². The maximum Gasteiger partial charge on any atom is 0.224 e. The van der Waals surface area contributed by atoms with E-state index in [1.807, 2.05) is 38.1 Å². The van der Waals surface area contributed by atoms with Crippen LogP contribution >= 0.6 is 0 Å². The van der Waals surface area contributed by atoms with E-state index in [1.54, 1.807) is 7.11 Å². The van der Waals surface area contributed by atoms with Crippen LogP contribution in [0, 0.1) is 0 Å². The first-order chi connectivity index (χ1) is 10.0. The lowest BCUT2D eigenvalue weighted by Gasteiger charge is -2.27. The van der Waals surface area contributed by atoms with Crippen molar-refractivity contribution in [2.75, 3.05) is 7.11 Å². The molecule has 0 unspecified atom stereocenters. The summed E-state index contributed by atoms with van der Waals surface area (Å²) in [5, 5.41) is 3.14. The lowest BCUT2D eigenvalue weighted by molar-refractivity contribution is -0.122. The Kier molecular flexibility index (Phi) is 5.05. The largest absolute Gasteiger partial charge is 0.497 e. The molecule has 1 aromatic carbocycles. The lowest BCUT2D eigenvalue weighted by atomic mass is 9.92. The third-order valence-electron chi connectivity index (χ3n) is 4.04. The fourth-order valence-corrected chi connectivity index (χ4v) is 2.74. The van der Waals surface area contributed by atoms with Gasteiger partial charge in [0.15, 0.2) is 0 Å². The predicted octanol–water partition coefficient (Wildman–Crippen LogP) is 3.94. The van der Waals surface area contributed by atoms with Gasteiger partial charge in [-0.2, -0.15) is 0 Å². The van der Waals surface area contributed by atoms with E-state index >= 15 is 0 Å². The third-order valence-corrected chi connectivity index (χ3v) is 4.04. The molecular weight excluding hydrogens is 262 g/mol. The topological polar surface area (TPSA) is 38.3 Å². The summed E-state index contributed by atoms with van der Waals surface area (Å²) in [4.78, 5) is 12.2. The number of rotatable bonds is 5. The van der Waals surface area contributed by atoms with Gasteiger partial charge in [0.05, 0.1) is 12.6 Å². The Labute approximate surface area is 127 Å². The molecule has 0 bridgehead atoms. The average Bonchev–Trinajstić information content (AvgIpc) is 2.47. The lowest BCUT2D eigenvalue weighted by Crippen LogP contribution is -2.41. The minimum atomic E-state index is -0.376. The van der Waals surface area contributed by atoms with Gasteiger partial charge in [-0.15, -0.1) is 0 Å². The number of carbonyl (C=O) groups is 1. The summed E-state index contributed by atoms with van der Waals surface area (Å²) in [5.74, 6) is 0.928. The Morgan fingerprint density at radius 1 is 1.24 bits per heavy atom. The molecule has 1 amide bonds. The van der Waals surface area contributed by atoms with Crippen molar-refractivity contribution in [2.45, 2.75) is 51.5 Å². The second-order valence-electron chi connectivity index (χ2n) is 6.19. The molecule has 0 spiro atoms. The molecule has 2 rings (SSSR count). The van der Waals surface area contributed by atoms with Gasteiger partial charge in [-0.3, -0.25) is 4.79 Å². The fourth-order valence-electron chi connectivity index (χ4n) is 2.74. The maximum absolute atomic E-state index is 12.2. The van der Waals surface area contributed by atoms with Crippen molar-refractivity contribution in [2.24, 2.45) is 0 Å². The molecule has 114 valence electrons. The molecule has 3 nitrogen and oxygen atoms in total. The van der Waals surface area contributed by atoms with Crippen molar-refractivity contribution in [3.05, 3.63) is 41.5 Å². The smallest absolute Gasteiger partial charge is 0.224 e. The Morgan fingerprint density at radius 3 is 2.52 bits per heavy atom. The monoisotopic (exact) mass is 287 g/mol. The van der Waals surface area contributed by atoms with Crippen LogP contribution in [0.25, 0.3) is 0 Å². The highest BCUT2D eigenvalue weighted by Crippen LogP contribution is 2.24. The fraction of sp³-hybridized carbons (Fsp3) is 0.500. The highest BCUT2D eigenvalue weighted by molar-refractivity contribution is 5.79. The van der Waals surface area contributed by atoms with E-state index in [-0.39, 0.29) is 11.4 Å². The summed E-state index contributed by atoms with van der Waals surface area (Å²) in [6.45, 7) is 4.06. The number of amides is 1. The van der Waals surface area contributed by atoms with Crippen LogP contribution < -0.4 is 10.1 Å². The number of hydrogen-bond acceptors (Lipinski definition) is 2. The number of ether oxygens (including phenoxy) is 1. The van der Waals surface area contributed by atoms with Gasteiger partial charge < -0.3 is 10.1 Å². The van der Waals surface area contributed by atoms with Gasteiger partial charge in [-0.05, 0) is 57.2 Å². The Morgan fingerprint density at radius 2 is 1.95 bits per heavy atom. The second-order valence-corrected chi connectivity index (χ2v) is 6.19. The first kappa shape index (κ1) is 15.6. The molecule has 3 heteroatoms.